The smallest absolute Gasteiger partial charge is 0.408 e. The maximum atomic E-state index is 13.0. The summed E-state index contributed by atoms with van der Waals surface area (Å²) < 4.78 is 6.29. The molecule has 3 N–H and O–H groups in total. The van der Waals surface area contributed by atoms with Crippen LogP contribution in [-0.2, 0) is 20.9 Å². The van der Waals surface area contributed by atoms with Gasteiger partial charge in [0.25, 0.3) is 5.91 Å². The van der Waals surface area contributed by atoms with Gasteiger partial charge < -0.3 is 20.7 Å². The number of carbonyl (C=O) groups excluding carboxylic acids is 4. The normalized spacial score (nSPS) is 13.4. The third-order valence-electron chi connectivity index (χ3n) is 5.57. The highest BCUT2D eigenvalue weighted by atomic mass is 16.5. The minimum atomic E-state index is -0.952. The minimum Gasteiger partial charge on any atom is -0.445 e. The number of rotatable bonds is 10. The Morgan fingerprint density at radius 1 is 0.838 bits per heavy atom. The van der Waals surface area contributed by atoms with E-state index in [1.807, 2.05) is 44.2 Å². The lowest BCUT2D eigenvalue weighted by Gasteiger charge is -2.24. The van der Waals surface area contributed by atoms with E-state index in [0.29, 0.717) is 17.5 Å². The summed E-state index contributed by atoms with van der Waals surface area (Å²) >= 11 is 0. The summed E-state index contributed by atoms with van der Waals surface area (Å²) in [6, 6.07) is 13.3. The first-order valence-corrected chi connectivity index (χ1v) is 12.1. The van der Waals surface area contributed by atoms with Crippen LogP contribution < -0.4 is 16.0 Å². The van der Waals surface area contributed by atoms with Crippen LogP contribution in [-0.4, -0.2) is 56.9 Å². The van der Waals surface area contributed by atoms with E-state index in [-0.39, 0.29) is 12.5 Å². The molecular formula is C26H32N6O5. The fourth-order valence-electron chi connectivity index (χ4n) is 3.60. The van der Waals surface area contributed by atoms with Gasteiger partial charge in [-0.3, -0.25) is 14.4 Å². The van der Waals surface area contributed by atoms with E-state index in [1.54, 1.807) is 24.3 Å². The van der Waals surface area contributed by atoms with Crippen LogP contribution in [0, 0.1) is 5.92 Å². The number of alkyl carbamates (subject to hydrolysis) is 1. The van der Waals surface area contributed by atoms with Crippen molar-refractivity contribution in [2.75, 3.05) is 0 Å². The molecule has 0 saturated heterocycles. The van der Waals surface area contributed by atoms with Crippen molar-refractivity contribution in [3.63, 3.8) is 0 Å². The number of amides is 3. The minimum absolute atomic E-state index is 0.0619. The number of hydrogen-bond donors (Lipinski definition) is 3. The van der Waals surface area contributed by atoms with Gasteiger partial charge in [0.15, 0.2) is 0 Å². The number of aromatic nitrogens is 3. The van der Waals surface area contributed by atoms with E-state index in [0.717, 1.165) is 10.2 Å². The molecule has 11 nitrogen and oxygen atoms in total. The molecule has 2 aromatic carbocycles. The number of fused-ring (bicyclic) bond motifs is 1. The summed E-state index contributed by atoms with van der Waals surface area (Å²) in [4.78, 5) is 50.8. The Morgan fingerprint density at radius 2 is 1.51 bits per heavy atom. The zero-order chi connectivity index (χ0) is 26.9. The summed E-state index contributed by atoms with van der Waals surface area (Å²) in [5.41, 5.74) is 1.90. The van der Waals surface area contributed by atoms with Gasteiger partial charge in [-0.15, -0.1) is 5.10 Å². The van der Waals surface area contributed by atoms with Crippen LogP contribution in [0.4, 0.5) is 4.79 Å². The Bertz CT molecular complexity index is 1240. The molecular weight excluding hydrogens is 476 g/mol. The molecule has 0 aliphatic heterocycles. The van der Waals surface area contributed by atoms with Gasteiger partial charge in [-0.05, 0) is 43.9 Å². The molecule has 3 rings (SSSR count). The van der Waals surface area contributed by atoms with Gasteiger partial charge in [-0.1, -0.05) is 61.5 Å². The van der Waals surface area contributed by atoms with Crippen molar-refractivity contribution < 1.29 is 23.9 Å². The van der Waals surface area contributed by atoms with Gasteiger partial charge in [0.1, 0.15) is 30.2 Å². The van der Waals surface area contributed by atoms with Crippen molar-refractivity contribution in [3.05, 3.63) is 60.2 Å². The second-order valence-corrected chi connectivity index (χ2v) is 9.18. The van der Waals surface area contributed by atoms with Crippen molar-refractivity contribution in [2.45, 2.75) is 58.8 Å². The Kier molecular flexibility index (Phi) is 9.31. The van der Waals surface area contributed by atoms with E-state index in [2.05, 4.69) is 26.3 Å². The summed E-state index contributed by atoms with van der Waals surface area (Å²) in [6.07, 6.45) is -0.425. The molecule has 3 atom stereocenters. The van der Waals surface area contributed by atoms with Crippen molar-refractivity contribution >= 4 is 34.8 Å². The number of nitrogens with one attached hydrogen (secondary N) is 3. The lowest BCUT2D eigenvalue weighted by molar-refractivity contribution is -0.130. The van der Waals surface area contributed by atoms with Gasteiger partial charge >= 0.3 is 6.09 Å². The third kappa shape index (κ3) is 7.60. The molecule has 0 radical (unpaired) electrons. The van der Waals surface area contributed by atoms with Crippen LogP contribution in [0.5, 0.6) is 0 Å². The molecule has 3 aromatic rings. The van der Waals surface area contributed by atoms with Gasteiger partial charge in [-0.25, -0.2) is 4.79 Å². The highest BCUT2D eigenvalue weighted by molar-refractivity contribution is 5.96. The monoisotopic (exact) mass is 508 g/mol. The predicted octanol–water partition coefficient (Wildman–Crippen LogP) is 2.42. The number of nitrogens with zero attached hydrogens (tertiary/aromatic N) is 3. The van der Waals surface area contributed by atoms with Gasteiger partial charge in [0.05, 0.1) is 5.52 Å². The molecule has 0 aliphatic rings. The van der Waals surface area contributed by atoms with E-state index in [4.69, 9.17) is 4.74 Å². The molecule has 0 aliphatic carbocycles. The Balaban J connectivity index is 1.57. The van der Waals surface area contributed by atoms with Gasteiger partial charge in [0, 0.05) is 0 Å². The fraction of sp³-hybridized carbons (Fsp3) is 0.385. The first-order valence-electron chi connectivity index (χ1n) is 12.1. The van der Waals surface area contributed by atoms with Crippen molar-refractivity contribution in [1.29, 1.82) is 0 Å². The van der Waals surface area contributed by atoms with E-state index >= 15 is 0 Å². The maximum absolute atomic E-state index is 13.0. The SMILES string of the molecule is CC(C)C[C@H](NC(=O)[C@H](C)NC(=O)OCc1ccccc1)C(=O)N[C@@H](C)C(=O)n1nnc2ccccc21. The van der Waals surface area contributed by atoms with Crippen LogP contribution >= 0.6 is 0 Å². The number of para-hydroxylation sites is 1. The molecule has 1 heterocycles. The first-order chi connectivity index (χ1) is 17.7. The average Bonchev–Trinajstić information content (AvgIpc) is 3.31. The average molecular weight is 509 g/mol. The molecule has 0 spiro atoms. The quantitative estimate of drug-likeness (QED) is 0.381. The second-order valence-electron chi connectivity index (χ2n) is 9.18. The number of hydrogen-bond acceptors (Lipinski definition) is 7. The highest BCUT2D eigenvalue weighted by Gasteiger charge is 2.28. The Hall–Kier alpha value is -4.28. The first kappa shape index (κ1) is 27.3. The van der Waals surface area contributed by atoms with Crippen LogP contribution in [0.15, 0.2) is 54.6 Å². The molecule has 0 saturated carbocycles. The van der Waals surface area contributed by atoms with Crippen LogP contribution in [0.2, 0.25) is 0 Å². The van der Waals surface area contributed by atoms with Crippen LogP contribution in [0.1, 0.15) is 44.5 Å². The standard InChI is InChI=1S/C26H32N6O5/c1-16(2)14-21(29-23(33)17(3)28-26(36)37-15-19-10-6-5-7-11-19)24(34)27-18(4)25(35)32-22-13-9-8-12-20(22)30-31-32/h5-13,16-18,21H,14-15H2,1-4H3,(H,27,34)(H,28,36)(H,29,33)/t17-,18-,21-/m0/s1. The van der Waals surface area contributed by atoms with E-state index in [9.17, 15) is 19.2 Å². The van der Waals surface area contributed by atoms with Crippen molar-refractivity contribution in [1.82, 2.24) is 30.9 Å². The third-order valence-corrected chi connectivity index (χ3v) is 5.57. The summed E-state index contributed by atoms with van der Waals surface area (Å²) in [6.45, 7) is 6.91. The highest BCUT2D eigenvalue weighted by Crippen LogP contribution is 2.11. The number of carbonyl (C=O) groups is 4. The molecule has 0 fully saturated rings. The second kappa shape index (κ2) is 12.6. The molecule has 0 unspecified atom stereocenters. The largest absolute Gasteiger partial charge is 0.445 e. The maximum Gasteiger partial charge on any atom is 0.408 e. The lowest BCUT2D eigenvalue weighted by atomic mass is 10.0. The zero-order valence-corrected chi connectivity index (χ0v) is 21.3. The summed E-state index contributed by atoms with van der Waals surface area (Å²) in [7, 11) is 0. The summed E-state index contributed by atoms with van der Waals surface area (Å²) in [5.74, 6) is -1.47. The molecule has 0 bridgehead atoms. The molecule has 1 aromatic heterocycles. The molecule has 37 heavy (non-hydrogen) atoms. The fourth-order valence-corrected chi connectivity index (χ4v) is 3.60. The summed E-state index contributed by atoms with van der Waals surface area (Å²) in [5, 5.41) is 15.7. The van der Waals surface area contributed by atoms with Gasteiger partial charge in [-0.2, -0.15) is 4.68 Å². The topological polar surface area (TPSA) is 144 Å². The Labute approximate surface area is 214 Å². The van der Waals surface area contributed by atoms with Crippen molar-refractivity contribution in [3.8, 4) is 0 Å². The van der Waals surface area contributed by atoms with E-state index < -0.39 is 41.9 Å². The number of benzene rings is 2. The van der Waals surface area contributed by atoms with Gasteiger partial charge in [0.2, 0.25) is 11.8 Å². The van der Waals surface area contributed by atoms with Crippen LogP contribution in [0.3, 0.4) is 0 Å². The van der Waals surface area contributed by atoms with Crippen LogP contribution in [0.25, 0.3) is 11.0 Å². The van der Waals surface area contributed by atoms with E-state index in [1.165, 1.54) is 13.8 Å². The van der Waals surface area contributed by atoms with Crippen molar-refractivity contribution in [2.24, 2.45) is 5.92 Å². The lowest BCUT2D eigenvalue weighted by Crippen LogP contribution is -2.55. The Morgan fingerprint density at radius 3 is 2.22 bits per heavy atom. The molecule has 11 heteroatoms. The number of ether oxygens (including phenoxy) is 1. The zero-order valence-electron chi connectivity index (χ0n) is 21.3. The predicted molar refractivity (Wildman–Crippen MR) is 136 cm³/mol. The molecule has 196 valence electrons. The molecule has 3 amide bonds.